The van der Waals surface area contributed by atoms with Gasteiger partial charge in [0.1, 0.15) is 4.32 Å². The first-order chi connectivity index (χ1) is 15.3. The first-order valence-corrected chi connectivity index (χ1v) is 10.5. The average Bonchev–Trinajstić information content (AvgIpc) is 3.32. The monoisotopic (exact) mass is 471 g/mol. The Morgan fingerprint density at radius 1 is 1.22 bits per heavy atom. The van der Waals surface area contributed by atoms with Crippen LogP contribution in [0.15, 0.2) is 41.3 Å². The smallest absolute Gasteiger partial charge is 0.335 e. The number of rotatable bonds is 6. The summed E-state index contributed by atoms with van der Waals surface area (Å²) in [6.45, 7) is 0.210. The van der Waals surface area contributed by atoms with Gasteiger partial charge >= 0.3 is 5.97 Å². The van der Waals surface area contributed by atoms with Crippen molar-refractivity contribution in [2.75, 3.05) is 18.7 Å². The van der Waals surface area contributed by atoms with E-state index in [2.05, 4.69) is 5.32 Å². The van der Waals surface area contributed by atoms with Gasteiger partial charge < -0.3 is 25.0 Å². The molecular weight excluding hydrogens is 456 g/mol. The van der Waals surface area contributed by atoms with Crippen LogP contribution in [0.4, 0.5) is 5.69 Å². The molecule has 164 valence electrons. The fourth-order valence-electron chi connectivity index (χ4n) is 3.06. The van der Waals surface area contributed by atoms with Crippen LogP contribution in [-0.2, 0) is 9.59 Å². The number of carbonyl (C=O) groups excluding carboxylic acids is 2. The van der Waals surface area contributed by atoms with E-state index in [0.717, 1.165) is 29.5 Å². The molecule has 1 fully saturated rings. The Morgan fingerprint density at radius 3 is 2.78 bits per heavy atom. The summed E-state index contributed by atoms with van der Waals surface area (Å²) in [5, 5.41) is 23.1. The molecule has 0 saturated carbocycles. The number of carbonyl (C=O) groups is 3. The van der Waals surface area contributed by atoms with Crippen LogP contribution >= 0.6 is 24.0 Å². The van der Waals surface area contributed by atoms with E-state index in [1.165, 1.54) is 11.0 Å². The lowest BCUT2D eigenvalue weighted by Crippen LogP contribution is -2.31. The number of ether oxygens (including phenoxy) is 2. The summed E-state index contributed by atoms with van der Waals surface area (Å²) in [6.07, 6.45) is 1.63. The van der Waals surface area contributed by atoms with E-state index in [-0.39, 0.29) is 31.4 Å². The van der Waals surface area contributed by atoms with Crippen molar-refractivity contribution in [2.24, 2.45) is 0 Å². The van der Waals surface area contributed by atoms with Crippen LogP contribution < -0.4 is 19.9 Å². The lowest BCUT2D eigenvalue weighted by atomic mass is 10.1. The number of aromatic carboxylic acids is 1. The van der Waals surface area contributed by atoms with Crippen LogP contribution in [0.25, 0.3) is 6.08 Å². The molecule has 11 heteroatoms. The quantitative estimate of drug-likeness (QED) is 0.482. The van der Waals surface area contributed by atoms with Crippen molar-refractivity contribution < 1.29 is 34.1 Å². The number of thioether (sulfide) groups is 1. The van der Waals surface area contributed by atoms with Crippen molar-refractivity contribution in [3.05, 3.63) is 52.4 Å². The molecule has 2 N–H and O–H groups in total. The lowest BCUT2D eigenvalue weighted by Gasteiger charge is -2.15. The number of hydrogen-bond acceptors (Lipinski definition) is 8. The number of nitrogens with zero attached hydrogens (tertiary/aromatic N) is 1. The second-order valence-electron chi connectivity index (χ2n) is 6.76. The normalized spacial score (nSPS) is 16.0. The fraction of sp³-hybridized carbons (Fsp3) is 0.143. The van der Waals surface area contributed by atoms with E-state index >= 15 is 0 Å². The van der Waals surface area contributed by atoms with Crippen LogP contribution in [-0.4, -0.2) is 45.4 Å². The molecule has 32 heavy (non-hydrogen) atoms. The van der Waals surface area contributed by atoms with Gasteiger partial charge in [-0.2, -0.15) is 0 Å². The fourth-order valence-corrected chi connectivity index (χ4v) is 4.37. The van der Waals surface area contributed by atoms with E-state index in [4.69, 9.17) is 26.8 Å². The maximum atomic E-state index is 12.7. The van der Waals surface area contributed by atoms with E-state index in [1.54, 1.807) is 24.3 Å². The number of anilines is 1. The molecule has 0 unspecified atom stereocenters. The number of thiocarbonyl (C=S) groups is 1. The number of hydrogen-bond donors (Lipinski definition) is 2. The number of amides is 2. The Hall–Kier alpha value is -3.57. The van der Waals surface area contributed by atoms with E-state index < -0.39 is 23.2 Å². The van der Waals surface area contributed by atoms with Crippen LogP contribution in [0.2, 0.25) is 0 Å². The number of benzene rings is 2. The van der Waals surface area contributed by atoms with Crippen molar-refractivity contribution in [2.45, 2.75) is 6.42 Å². The molecule has 9 nitrogen and oxygen atoms in total. The van der Waals surface area contributed by atoms with Crippen LogP contribution in [0.5, 0.6) is 17.2 Å². The Kier molecular flexibility index (Phi) is 6.01. The van der Waals surface area contributed by atoms with E-state index in [0.29, 0.717) is 20.7 Å². The zero-order valence-electron chi connectivity index (χ0n) is 16.3. The minimum atomic E-state index is -1.38. The predicted molar refractivity (Wildman–Crippen MR) is 119 cm³/mol. The topological polar surface area (TPSA) is 128 Å². The predicted octanol–water partition coefficient (Wildman–Crippen LogP) is 2.42. The van der Waals surface area contributed by atoms with Gasteiger partial charge in [-0.3, -0.25) is 14.5 Å². The summed E-state index contributed by atoms with van der Waals surface area (Å²) in [6, 6.07) is 8.81. The van der Waals surface area contributed by atoms with Gasteiger partial charge in [-0.25, -0.2) is 4.79 Å². The molecule has 0 bridgehead atoms. The average molecular weight is 471 g/mol. The Morgan fingerprint density at radius 2 is 2.00 bits per heavy atom. The van der Waals surface area contributed by atoms with Gasteiger partial charge in [0.2, 0.25) is 12.7 Å². The molecule has 4 rings (SSSR count). The third-order valence-electron chi connectivity index (χ3n) is 4.62. The number of fused-ring (bicyclic) bond motifs is 1. The zero-order valence-corrected chi connectivity index (χ0v) is 18.0. The van der Waals surface area contributed by atoms with Gasteiger partial charge in [-0.15, -0.1) is 0 Å². The van der Waals surface area contributed by atoms with Crippen LogP contribution in [0.3, 0.4) is 0 Å². The highest BCUT2D eigenvalue weighted by molar-refractivity contribution is 8.26. The largest absolute Gasteiger partial charge is 0.872 e. The van der Waals surface area contributed by atoms with Crippen LogP contribution in [0.1, 0.15) is 22.3 Å². The molecule has 2 aliphatic heterocycles. The summed E-state index contributed by atoms with van der Waals surface area (Å²) in [5.41, 5.74) is 0.497. The summed E-state index contributed by atoms with van der Waals surface area (Å²) in [5.74, 6) is -1.55. The molecule has 0 spiro atoms. The molecule has 0 aromatic heterocycles. The highest BCUT2D eigenvalue weighted by Crippen LogP contribution is 2.36. The SMILES string of the molecule is O=C(CCN1C(=O)/C(=C\c2ccc3c(c2)OCO3)SC1=S)Nc1ccc([O-])c(C(=O)O)c1. The third kappa shape index (κ3) is 4.53. The highest BCUT2D eigenvalue weighted by atomic mass is 32.2. The summed E-state index contributed by atoms with van der Waals surface area (Å²) < 4.78 is 10.9. The number of carboxylic acid groups (broad SMARTS) is 1. The third-order valence-corrected chi connectivity index (χ3v) is 6.00. The van der Waals surface area contributed by atoms with Crippen molar-refractivity contribution in [1.29, 1.82) is 0 Å². The summed E-state index contributed by atoms with van der Waals surface area (Å²) in [4.78, 5) is 37.8. The maximum absolute atomic E-state index is 12.7. The minimum absolute atomic E-state index is 0.0560. The Balaban J connectivity index is 1.38. The van der Waals surface area contributed by atoms with E-state index in [1.807, 2.05) is 0 Å². The van der Waals surface area contributed by atoms with Crippen molar-refractivity contribution >= 4 is 57.8 Å². The molecule has 2 amide bonds. The minimum Gasteiger partial charge on any atom is -0.872 e. The molecule has 0 aliphatic carbocycles. The number of carboxylic acids is 1. The molecule has 2 aliphatic rings. The van der Waals surface area contributed by atoms with Crippen molar-refractivity contribution in [1.82, 2.24) is 4.90 Å². The van der Waals surface area contributed by atoms with Gasteiger partial charge in [0, 0.05) is 18.7 Å². The maximum Gasteiger partial charge on any atom is 0.335 e. The van der Waals surface area contributed by atoms with Gasteiger partial charge in [0.25, 0.3) is 5.91 Å². The Bertz CT molecular complexity index is 1180. The van der Waals surface area contributed by atoms with Crippen molar-refractivity contribution in [3.63, 3.8) is 0 Å². The second kappa shape index (κ2) is 8.89. The lowest BCUT2D eigenvalue weighted by molar-refractivity contribution is -0.268. The molecule has 0 atom stereocenters. The van der Waals surface area contributed by atoms with Gasteiger partial charge in [0.15, 0.2) is 11.5 Å². The number of nitrogens with one attached hydrogen (secondary N) is 1. The standard InChI is InChI=1S/C21H16N2O7S2/c24-14-3-2-12(9-13(14)20(27)28)22-18(25)5-6-23-19(26)17(32-21(23)31)8-11-1-4-15-16(7-11)30-10-29-15/h1-4,7-9,24H,5-6,10H2,(H,22,25)(H,27,28)/p-1/b17-8+. The molecule has 2 aromatic carbocycles. The zero-order chi connectivity index (χ0) is 22.8. The summed E-state index contributed by atoms with van der Waals surface area (Å²) in [7, 11) is 0. The molecule has 2 heterocycles. The van der Waals surface area contributed by atoms with Crippen molar-refractivity contribution in [3.8, 4) is 17.2 Å². The Labute approximate surface area is 191 Å². The van der Waals surface area contributed by atoms with Crippen LogP contribution in [0, 0.1) is 0 Å². The first-order valence-electron chi connectivity index (χ1n) is 9.31. The van der Waals surface area contributed by atoms with Gasteiger partial charge in [0.05, 0.1) is 10.5 Å². The molecular formula is C21H15N2O7S2-. The highest BCUT2D eigenvalue weighted by Gasteiger charge is 2.32. The van der Waals surface area contributed by atoms with Gasteiger partial charge in [-0.05, 0) is 35.9 Å². The molecule has 1 saturated heterocycles. The molecule has 0 radical (unpaired) electrons. The summed E-state index contributed by atoms with van der Waals surface area (Å²) >= 11 is 6.42. The van der Waals surface area contributed by atoms with E-state index in [9.17, 15) is 19.5 Å². The van der Waals surface area contributed by atoms with Gasteiger partial charge in [-0.1, -0.05) is 41.9 Å². The first kappa shape index (κ1) is 21.7. The second-order valence-corrected chi connectivity index (χ2v) is 8.44. The molecule has 2 aromatic rings.